The minimum Gasteiger partial charge on any atom is -0.311 e. The average Bonchev–Trinajstić information content (AvgIpc) is 2.88. The summed E-state index contributed by atoms with van der Waals surface area (Å²) in [5.74, 6) is 3.22. The lowest BCUT2D eigenvalue weighted by molar-refractivity contribution is 0.278. The van der Waals surface area contributed by atoms with E-state index < -0.39 is 0 Å². The van der Waals surface area contributed by atoms with Gasteiger partial charge in [0.2, 0.25) is 0 Å². The molecule has 0 radical (unpaired) electrons. The van der Waals surface area contributed by atoms with Gasteiger partial charge in [0.05, 0.1) is 0 Å². The highest BCUT2D eigenvalue weighted by atomic mass is 15.0. The molecule has 0 amide bonds. The summed E-state index contributed by atoms with van der Waals surface area (Å²) >= 11 is 0. The zero-order valence-electron chi connectivity index (χ0n) is 9.34. The van der Waals surface area contributed by atoms with Crippen molar-refractivity contribution in [2.45, 2.75) is 64.0 Å². The predicted molar refractivity (Wildman–Crippen MR) is 59.2 cm³/mol. The molecule has 3 unspecified atom stereocenters. The number of hydrogen-bond donors (Lipinski definition) is 1. The van der Waals surface area contributed by atoms with Gasteiger partial charge >= 0.3 is 0 Å². The van der Waals surface area contributed by atoms with Gasteiger partial charge in [-0.2, -0.15) is 0 Å². The lowest BCUT2D eigenvalue weighted by Gasteiger charge is -2.30. The topological polar surface area (TPSA) is 12.0 Å². The quantitative estimate of drug-likeness (QED) is 0.711. The molecular formula is C13H23N. The first-order valence-corrected chi connectivity index (χ1v) is 6.59. The Balaban J connectivity index is 1.48. The van der Waals surface area contributed by atoms with E-state index >= 15 is 0 Å². The fraction of sp³-hybridized carbons (Fsp3) is 1.00. The van der Waals surface area contributed by atoms with Crippen LogP contribution in [-0.4, -0.2) is 12.1 Å². The van der Waals surface area contributed by atoms with Gasteiger partial charge in [-0.1, -0.05) is 6.92 Å². The van der Waals surface area contributed by atoms with Gasteiger partial charge < -0.3 is 5.32 Å². The van der Waals surface area contributed by atoms with Crippen LogP contribution in [0.2, 0.25) is 0 Å². The SMILES string of the molecule is CC1CCC(NC2CCC3CC32)CC1. The van der Waals surface area contributed by atoms with E-state index in [-0.39, 0.29) is 0 Å². The predicted octanol–water partition coefficient (Wildman–Crippen LogP) is 2.95. The minimum atomic E-state index is 0.871. The van der Waals surface area contributed by atoms with Gasteiger partial charge in [-0.3, -0.25) is 0 Å². The third-order valence-electron chi connectivity index (χ3n) is 4.81. The summed E-state index contributed by atoms with van der Waals surface area (Å²) in [6.07, 6.45) is 10.3. The first kappa shape index (κ1) is 9.21. The number of fused-ring (bicyclic) bond motifs is 1. The molecule has 3 aliphatic carbocycles. The van der Waals surface area contributed by atoms with Crippen molar-refractivity contribution in [1.29, 1.82) is 0 Å². The maximum atomic E-state index is 3.93. The van der Waals surface area contributed by atoms with Crippen LogP contribution in [-0.2, 0) is 0 Å². The molecule has 0 spiro atoms. The first-order chi connectivity index (χ1) is 6.83. The lowest BCUT2D eigenvalue weighted by Crippen LogP contribution is -2.40. The molecule has 3 aliphatic rings. The Morgan fingerprint density at radius 3 is 2.29 bits per heavy atom. The average molecular weight is 193 g/mol. The standard InChI is InChI=1S/C13H23N/c1-9-2-5-11(6-3-9)14-13-7-4-10-8-12(10)13/h9-14H,2-8H2,1H3. The van der Waals surface area contributed by atoms with Gasteiger partial charge in [-0.25, -0.2) is 0 Å². The molecule has 0 bridgehead atoms. The van der Waals surface area contributed by atoms with Crippen LogP contribution >= 0.6 is 0 Å². The van der Waals surface area contributed by atoms with E-state index in [1.54, 1.807) is 6.42 Å². The Bertz CT molecular complexity index is 205. The first-order valence-electron chi connectivity index (χ1n) is 6.59. The number of hydrogen-bond acceptors (Lipinski definition) is 1. The smallest absolute Gasteiger partial charge is 0.0101 e. The van der Waals surface area contributed by atoms with Crippen LogP contribution in [0.1, 0.15) is 51.9 Å². The van der Waals surface area contributed by atoms with Crippen LogP contribution < -0.4 is 5.32 Å². The van der Waals surface area contributed by atoms with Crippen molar-refractivity contribution >= 4 is 0 Å². The van der Waals surface area contributed by atoms with Gasteiger partial charge in [0.15, 0.2) is 0 Å². The summed E-state index contributed by atoms with van der Waals surface area (Å²) in [6, 6.07) is 1.79. The van der Waals surface area contributed by atoms with Crippen molar-refractivity contribution in [3.05, 3.63) is 0 Å². The molecule has 3 atom stereocenters. The molecule has 0 aromatic heterocycles. The lowest BCUT2D eigenvalue weighted by atomic mass is 9.87. The van der Waals surface area contributed by atoms with Gasteiger partial charge in [0.25, 0.3) is 0 Å². The summed E-state index contributed by atoms with van der Waals surface area (Å²) in [4.78, 5) is 0. The monoisotopic (exact) mass is 193 g/mol. The fourth-order valence-corrected chi connectivity index (χ4v) is 3.64. The fourth-order valence-electron chi connectivity index (χ4n) is 3.64. The van der Waals surface area contributed by atoms with Crippen molar-refractivity contribution in [3.8, 4) is 0 Å². The zero-order chi connectivity index (χ0) is 9.54. The van der Waals surface area contributed by atoms with Crippen LogP contribution in [0.25, 0.3) is 0 Å². The van der Waals surface area contributed by atoms with Crippen molar-refractivity contribution in [2.24, 2.45) is 17.8 Å². The largest absolute Gasteiger partial charge is 0.311 e. The van der Waals surface area contributed by atoms with E-state index in [1.807, 2.05) is 0 Å². The highest BCUT2D eigenvalue weighted by Gasteiger charge is 2.48. The molecule has 3 rings (SSSR count). The molecule has 0 aliphatic heterocycles. The maximum absolute atomic E-state index is 3.93. The van der Waals surface area contributed by atoms with Gasteiger partial charge in [-0.05, 0) is 62.7 Å². The van der Waals surface area contributed by atoms with Gasteiger partial charge in [0.1, 0.15) is 0 Å². The Morgan fingerprint density at radius 1 is 0.929 bits per heavy atom. The number of rotatable bonds is 2. The van der Waals surface area contributed by atoms with Gasteiger partial charge in [-0.15, -0.1) is 0 Å². The van der Waals surface area contributed by atoms with Crippen LogP contribution in [0.4, 0.5) is 0 Å². The van der Waals surface area contributed by atoms with Crippen LogP contribution in [0, 0.1) is 17.8 Å². The van der Waals surface area contributed by atoms with E-state index in [9.17, 15) is 0 Å². The molecule has 1 nitrogen and oxygen atoms in total. The molecule has 0 aromatic carbocycles. The van der Waals surface area contributed by atoms with Crippen LogP contribution in [0.5, 0.6) is 0 Å². The van der Waals surface area contributed by atoms with Crippen molar-refractivity contribution in [2.75, 3.05) is 0 Å². The Morgan fingerprint density at radius 2 is 1.71 bits per heavy atom. The van der Waals surface area contributed by atoms with Crippen LogP contribution in [0.15, 0.2) is 0 Å². The molecular weight excluding hydrogens is 170 g/mol. The van der Waals surface area contributed by atoms with Crippen molar-refractivity contribution in [1.82, 2.24) is 5.32 Å². The summed E-state index contributed by atoms with van der Waals surface area (Å²) in [7, 11) is 0. The molecule has 0 saturated heterocycles. The molecule has 0 heterocycles. The zero-order valence-corrected chi connectivity index (χ0v) is 9.34. The highest BCUT2D eigenvalue weighted by Crippen LogP contribution is 2.52. The van der Waals surface area contributed by atoms with E-state index in [0.29, 0.717) is 0 Å². The van der Waals surface area contributed by atoms with Crippen LogP contribution in [0.3, 0.4) is 0 Å². The number of nitrogens with one attached hydrogen (secondary N) is 1. The summed E-state index contributed by atoms with van der Waals surface area (Å²) < 4.78 is 0. The summed E-state index contributed by atoms with van der Waals surface area (Å²) in [5.41, 5.74) is 0. The normalized spacial score (nSPS) is 51.6. The molecule has 0 aromatic rings. The summed E-state index contributed by atoms with van der Waals surface area (Å²) in [6.45, 7) is 2.41. The van der Waals surface area contributed by atoms with Crippen molar-refractivity contribution in [3.63, 3.8) is 0 Å². The third-order valence-corrected chi connectivity index (χ3v) is 4.81. The van der Waals surface area contributed by atoms with Crippen molar-refractivity contribution < 1.29 is 0 Å². The molecule has 1 heteroatoms. The highest BCUT2D eigenvalue weighted by molar-refractivity contribution is 5.02. The second-order valence-corrected chi connectivity index (χ2v) is 5.97. The minimum absolute atomic E-state index is 0.871. The van der Waals surface area contributed by atoms with E-state index in [4.69, 9.17) is 0 Å². The van der Waals surface area contributed by atoms with E-state index in [2.05, 4.69) is 12.2 Å². The Labute approximate surface area is 87.7 Å². The molecule has 3 saturated carbocycles. The third kappa shape index (κ3) is 1.71. The molecule has 1 N–H and O–H groups in total. The van der Waals surface area contributed by atoms with E-state index in [1.165, 1.54) is 38.5 Å². The Hall–Kier alpha value is -0.0400. The summed E-state index contributed by atoms with van der Waals surface area (Å²) in [5, 5.41) is 3.93. The molecule has 3 fully saturated rings. The molecule has 80 valence electrons. The second kappa shape index (κ2) is 3.52. The second-order valence-electron chi connectivity index (χ2n) is 5.97. The van der Waals surface area contributed by atoms with Gasteiger partial charge in [0, 0.05) is 12.1 Å². The van der Waals surface area contributed by atoms with E-state index in [0.717, 1.165) is 29.8 Å². The molecule has 14 heavy (non-hydrogen) atoms. The maximum Gasteiger partial charge on any atom is 0.0101 e. The Kier molecular flexibility index (Phi) is 2.31.